The molecule has 0 aliphatic rings. The molecule has 3 rings (SSSR count). The molecule has 4 nitrogen and oxygen atoms in total. The van der Waals surface area contributed by atoms with Crippen LogP contribution in [0.5, 0.6) is 0 Å². The molecule has 0 saturated carbocycles. The van der Waals surface area contributed by atoms with Gasteiger partial charge in [-0.3, -0.25) is 0 Å². The molecule has 0 atom stereocenters. The van der Waals surface area contributed by atoms with Gasteiger partial charge in [0.1, 0.15) is 5.82 Å². The van der Waals surface area contributed by atoms with E-state index in [-0.39, 0.29) is 17.5 Å². The number of hydrogen-bond donors (Lipinski definition) is 2. The minimum atomic E-state index is -0.675. The van der Waals surface area contributed by atoms with Crippen LogP contribution in [0.4, 0.5) is 14.6 Å². The fraction of sp³-hybridized carbons (Fsp3) is 0.0769. The van der Waals surface area contributed by atoms with E-state index in [0.717, 1.165) is 11.8 Å². The van der Waals surface area contributed by atoms with E-state index in [2.05, 4.69) is 15.0 Å². The lowest BCUT2D eigenvalue weighted by Crippen LogP contribution is -1.98. The number of H-pyrrole nitrogens is 1. The third-order valence-corrected chi connectivity index (χ3v) is 2.90. The van der Waals surface area contributed by atoms with Gasteiger partial charge in [-0.15, -0.1) is 0 Å². The van der Waals surface area contributed by atoms with Crippen LogP contribution in [0.2, 0.25) is 0 Å². The summed E-state index contributed by atoms with van der Waals surface area (Å²) in [7, 11) is 0. The molecule has 2 aromatic heterocycles. The van der Waals surface area contributed by atoms with E-state index in [9.17, 15) is 8.78 Å². The first-order valence-corrected chi connectivity index (χ1v) is 5.62. The van der Waals surface area contributed by atoms with Gasteiger partial charge >= 0.3 is 0 Å². The molecule has 6 heteroatoms. The first kappa shape index (κ1) is 11.6. The van der Waals surface area contributed by atoms with Crippen molar-refractivity contribution in [3.63, 3.8) is 0 Å². The van der Waals surface area contributed by atoms with Gasteiger partial charge in [0.2, 0.25) is 0 Å². The van der Waals surface area contributed by atoms with Crippen LogP contribution in [0.3, 0.4) is 0 Å². The van der Waals surface area contributed by atoms with Crippen molar-refractivity contribution in [2.75, 3.05) is 5.73 Å². The van der Waals surface area contributed by atoms with Gasteiger partial charge in [-0.25, -0.2) is 18.7 Å². The van der Waals surface area contributed by atoms with Crippen LogP contribution in [0.15, 0.2) is 24.5 Å². The molecule has 3 N–H and O–H groups in total. The van der Waals surface area contributed by atoms with Gasteiger partial charge in [0, 0.05) is 17.1 Å². The number of nitrogen functional groups attached to an aromatic ring is 1. The number of aryl methyl sites for hydroxylation is 1. The Morgan fingerprint density at radius 3 is 2.74 bits per heavy atom. The lowest BCUT2D eigenvalue weighted by Gasteiger charge is -2.01. The van der Waals surface area contributed by atoms with Crippen molar-refractivity contribution in [1.29, 1.82) is 0 Å². The molecule has 96 valence electrons. The fourth-order valence-electron chi connectivity index (χ4n) is 2.02. The number of benzene rings is 1. The minimum Gasteiger partial charge on any atom is -0.381 e. The van der Waals surface area contributed by atoms with Crippen molar-refractivity contribution >= 4 is 16.7 Å². The summed E-state index contributed by atoms with van der Waals surface area (Å²) in [6.45, 7) is 1.79. The zero-order valence-corrected chi connectivity index (χ0v) is 10.0. The lowest BCUT2D eigenvalue weighted by molar-refractivity contribution is 0.620. The minimum absolute atomic E-state index is 0.229. The number of nitrogens with two attached hydrogens (primary N) is 1. The first-order valence-electron chi connectivity index (χ1n) is 5.62. The smallest absolute Gasteiger partial charge is 0.183 e. The standard InChI is InChI=1S/C13H10F2N4/c1-6-2-7-8(4-17-11(7)9(14)3-6)13-18-5-10(15)12(16)19-13/h2-5,17H,1H3,(H2,16,18,19). The molecule has 0 aliphatic carbocycles. The number of aromatic nitrogens is 3. The Balaban J connectivity index is 2.28. The van der Waals surface area contributed by atoms with E-state index in [1.54, 1.807) is 13.1 Å². The van der Waals surface area contributed by atoms with Gasteiger partial charge in [0.15, 0.2) is 17.5 Å². The predicted octanol–water partition coefficient (Wildman–Crippen LogP) is 2.79. The van der Waals surface area contributed by atoms with Gasteiger partial charge in [0.05, 0.1) is 11.7 Å². The molecule has 0 fully saturated rings. The molecule has 0 unspecified atom stereocenters. The molecule has 3 aromatic rings. The Morgan fingerprint density at radius 1 is 1.21 bits per heavy atom. The van der Waals surface area contributed by atoms with E-state index in [0.29, 0.717) is 16.5 Å². The number of halogens is 2. The summed E-state index contributed by atoms with van der Waals surface area (Å²) in [6.07, 6.45) is 2.59. The summed E-state index contributed by atoms with van der Waals surface area (Å²) in [6, 6.07) is 3.25. The normalized spacial score (nSPS) is 11.1. The number of fused-ring (bicyclic) bond motifs is 1. The molecule has 19 heavy (non-hydrogen) atoms. The number of nitrogens with zero attached hydrogens (tertiary/aromatic N) is 2. The first-order chi connectivity index (χ1) is 9.06. The Kier molecular flexibility index (Phi) is 2.45. The van der Waals surface area contributed by atoms with Gasteiger partial charge in [-0.1, -0.05) is 0 Å². The highest BCUT2D eigenvalue weighted by Gasteiger charge is 2.13. The highest BCUT2D eigenvalue weighted by Crippen LogP contribution is 2.29. The van der Waals surface area contributed by atoms with E-state index < -0.39 is 5.82 Å². The van der Waals surface area contributed by atoms with Crippen LogP contribution in [0.25, 0.3) is 22.3 Å². The summed E-state index contributed by atoms with van der Waals surface area (Å²) in [4.78, 5) is 10.6. The number of rotatable bonds is 1. The van der Waals surface area contributed by atoms with Crippen molar-refractivity contribution < 1.29 is 8.78 Å². The monoisotopic (exact) mass is 260 g/mol. The van der Waals surface area contributed by atoms with Gasteiger partial charge in [-0.05, 0) is 24.6 Å². The van der Waals surface area contributed by atoms with Crippen molar-refractivity contribution in [2.24, 2.45) is 0 Å². The average Bonchev–Trinajstić information content (AvgIpc) is 2.76. The molecule has 2 heterocycles. The molecular formula is C13H10F2N4. The summed E-state index contributed by atoms with van der Waals surface area (Å²) in [5.41, 5.74) is 7.15. The zero-order valence-electron chi connectivity index (χ0n) is 10.0. The highest BCUT2D eigenvalue weighted by molar-refractivity contribution is 5.94. The molecule has 0 aliphatic heterocycles. The summed E-state index contributed by atoms with van der Waals surface area (Å²) >= 11 is 0. The van der Waals surface area contributed by atoms with Gasteiger partial charge in [0.25, 0.3) is 0 Å². The van der Waals surface area contributed by atoms with Crippen LogP contribution in [0, 0.1) is 18.6 Å². The van der Waals surface area contributed by atoms with E-state index >= 15 is 0 Å². The maximum absolute atomic E-state index is 13.8. The van der Waals surface area contributed by atoms with E-state index in [4.69, 9.17) is 5.73 Å². The van der Waals surface area contributed by atoms with E-state index in [1.807, 2.05) is 6.07 Å². The van der Waals surface area contributed by atoms with E-state index in [1.165, 1.54) is 6.07 Å². The van der Waals surface area contributed by atoms with Crippen molar-refractivity contribution in [3.05, 3.63) is 41.7 Å². The summed E-state index contributed by atoms with van der Waals surface area (Å²) in [5.74, 6) is -0.995. The van der Waals surface area contributed by atoms with Crippen molar-refractivity contribution in [2.45, 2.75) is 6.92 Å². The maximum atomic E-state index is 13.8. The van der Waals surface area contributed by atoms with Crippen LogP contribution in [0.1, 0.15) is 5.56 Å². The van der Waals surface area contributed by atoms with Crippen molar-refractivity contribution in [1.82, 2.24) is 15.0 Å². The quantitative estimate of drug-likeness (QED) is 0.707. The van der Waals surface area contributed by atoms with Crippen LogP contribution in [-0.2, 0) is 0 Å². The molecule has 0 spiro atoms. The second-order valence-corrected chi connectivity index (χ2v) is 4.30. The lowest BCUT2D eigenvalue weighted by atomic mass is 10.1. The summed E-state index contributed by atoms with van der Waals surface area (Å²) in [5, 5.41) is 0.642. The predicted molar refractivity (Wildman–Crippen MR) is 68.4 cm³/mol. The Morgan fingerprint density at radius 2 is 2.00 bits per heavy atom. The Bertz CT molecular complexity index is 780. The second-order valence-electron chi connectivity index (χ2n) is 4.30. The highest BCUT2D eigenvalue weighted by atomic mass is 19.1. The Hall–Kier alpha value is -2.50. The SMILES string of the molecule is Cc1cc(F)c2[nH]cc(-c3ncc(F)c(N)n3)c2c1. The number of hydrogen-bond acceptors (Lipinski definition) is 3. The molecule has 0 radical (unpaired) electrons. The largest absolute Gasteiger partial charge is 0.381 e. The molecule has 1 aromatic carbocycles. The third kappa shape index (κ3) is 1.81. The zero-order chi connectivity index (χ0) is 13.6. The molecule has 0 amide bonds. The topological polar surface area (TPSA) is 67.6 Å². The molecular weight excluding hydrogens is 250 g/mol. The van der Waals surface area contributed by atoms with Crippen LogP contribution < -0.4 is 5.73 Å². The summed E-state index contributed by atoms with van der Waals surface area (Å²) < 4.78 is 26.8. The van der Waals surface area contributed by atoms with Crippen molar-refractivity contribution in [3.8, 4) is 11.4 Å². The number of anilines is 1. The van der Waals surface area contributed by atoms with Crippen LogP contribution in [-0.4, -0.2) is 15.0 Å². The number of aromatic amines is 1. The molecule has 0 saturated heterocycles. The molecule has 0 bridgehead atoms. The second kappa shape index (κ2) is 4.01. The average molecular weight is 260 g/mol. The Labute approximate surface area is 107 Å². The van der Waals surface area contributed by atoms with Gasteiger partial charge < -0.3 is 10.7 Å². The number of nitrogens with one attached hydrogen (secondary N) is 1. The fourth-order valence-corrected chi connectivity index (χ4v) is 2.02. The third-order valence-electron chi connectivity index (χ3n) is 2.90. The van der Waals surface area contributed by atoms with Crippen LogP contribution >= 0.6 is 0 Å². The maximum Gasteiger partial charge on any atom is 0.183 e. The van der Waals surface area contributed by atoms with Gasteiger partial charge in [-0.2, -0.15) is 0 Å².